The van der Waals surface area contributed by atoms with Gasteiger partial charge in [-0.2, -0.15) is 11.8 Å². The number of amides is 1. The summed E-state index contributed by atoms with van der Waals surface area (Å²) in [5.74, 6) is 2.60. The summed E-state index contributed by atoms with van der Waals surface area (Å²) in [4.78, 5) is 14.1. The Balaban J connectivity index is 1.60. The van der Waals surface area contributed by atoms with E-state index in [1.807, 2.05) is 4.90 Å². The molecule has 0 aromatic carbocycles. The number of hydrogen-bond donors (Lipinski definition) is 2. The highest BCUT2D eigenvalue weighted by atomic mass is 35.5. The van der Waals surface area contributed by atoms with Gasteiger partial charge in [0.2, 0.25) is 5.91 Å². The van der Waals surface area contributed by atoms with Crippen LogP contribution in [0.5, 0.6) is 0 Å². The van der Waals surface area contributed by atoms with E-state index in [1.54, 1.807) is 0 Å². The Hall–Kier alpha value is 0.320. The van der Waals surface area contributed by atoms with E-state index in [1.165, 1.54) is 18.6 Å². The monoisotopic (exact) mass is 406 g/mol. The summed E-state index contributed by atoms with van der Waals surface area (Å²) in [5, 5.41) is 13.8. The number of alkyl halides is 2. The number of carbonyl (C=O) groups is 1. The van der Waals surface area contributed by atoms with Crippen LogP contribution in [0.1, 0.15) is 32.6 Å². The number of nitrogens with zero attached hydrogens (tertiary/aromatic N) is 1. The molecule has 3 heterocycles. The number of fused-ring (bicyclic) bond motifs is 3. The fourth-order valence-corrected chi connectivity index (χ4v) is 8.06. The van der Waals surface area contributed by atoms with E-state index in [2.05, 4.69) is 24.0 Å². The Bertz CT molecular complexity index is 519. The summed E-state index contributed by atoms with van der Waals surface area (Å²) >= 11 is 15.5. The topological polar surface area (TPSA) is 52.6 Å². The zero-order valence-electron chi connectivity index (χ0n) is 14.6. The maximum atomic E-state index is 12.2. The van der Waals surface area contributed by atoms with Crippen molar-refractivity contribution in [3.8, 4) is 0 Å². The van der Waals surface area contributed by atoms with E-state index in [-0.39, 0.29) is 28.7 Å². The quantitative estimate of drug-likeness (QED) is 0.690. The predicted molar refractivity (Wildman–Crippen MR) is 103 cm³/mol. The summed E-state index contributed by atoms with van der Waals surface area (Å²) < 4.78 is 0. The van der Waals surface area contributed by atoms with E-state index >= 15 is 0 Å². The first kappa shape index (κ1) is 18.7. The average Bonchev–Trinajstić information content (AvgIpc) is 3.24. The van der Waals surface area contributed by atoms with Crippen molar-refractivity contribution in [1.82, 2.24) is 10.2 Å². The third-order valence-corrected chi connectivity index (χ3v) is 9.64. The molecule has 142 valence electrons. The SMILES string of the molecule is C[C@@H]1CC2NC3C(Cl)C(Cl)CC(C4CCCS4)C3C2CN1C(=O)CO. The van der Waals surface area contributed by atoms with Crippen LogP contribution in [-0.4, -0.2) is 68.9 Å². The highest BCUT2D eigenvalue weighted by Gasteiger charge is 2.57. The molecule has 7 heteroatoms. The summed E-state index contributed by atoms with van der Waals surface area (Å²) in [6, 6.07) is 0.814. The minimum Gasteiger partial charge on any atom is -0.387 e. The molecule has 8 unspecified atom stereocenters. The van der Waals surface area contributed by atoms with Gasteiger partial charge in [-0.15, -0.1) is 23.2 Å². The lowest BCUT2D eigenvalue weighted by atomic mass is 9.67. The minimum absolute atomic E-state index is 0.0226. The molecule has 3 aliphatic heterocycles. The van der Waals surface area contributed by atoms with Gasteiger partial charge in [0.05, 0.1) is 10.8 Å². The fraction of sp³-hybridized carbons (Fsp3) is 0.944. The Morgan fingerprint density at radius 3 is 2.80 bits per heavy atom. The summed E-state index contributed by atoms with van der Waals surface area (Å²) in [5.41, 5.74) is 0. The van der Waals surface area contributed by atoms with Gasteiger partial charge in [-0.1, -0.05) is 0 Å². The molecule has 0 spiro atoms. The van der Waals surface area contributed by atoms with Gasteiger partial charge >= 0.3 is 0 Å². The van der Waals surface area contributed by atoms with Crippen molar-refractivity contribution >= 4 is 40.9 Å². The Morgan fingerprint density at radius 1 is 1.32 bits per heavy atom. The molecular formula is C18H28Cl2N2O2S. The molecule has 3 saturated heterocycles. The standard InChI is InChI=1S/C18H28Cl2N2O2S/c1-9-5-13-11(7-22(9)15(24)8-23)16-10(14-3-2-4-25-14)6-12(19)17(20)18(16)21-13/h9-14,16-18,21,23H,2-8H2,1H3/t9-,10?,11?,12?,13?,14?,16?,17?,18?/m1/s1. The van der Waals surface area contributed by atoms with E-state index in [0.29, 0.717) is 29.0 Å². The lowest BCUT2D eigenvalue weighted by Gasteiger charge is -2.46. The second kappa shape index (κ2) is 7.38. The molecule has 0 aromatic heterocycles. The van der Waals surface area contributed by atoms with Crippen molar-refractivity contribution in [2.24, 2.45) is 17.8 Å². The third kappa shape index (κ3) is 3.22. The molecule has 0 bridgehead atoms. The smallest absolute Gasteiger partial charge is 0.248 e. The van der Waals surface area contributed by atoms with Crippen LogP contribution in [0.15, 0.2) is 0 Å². The molecule has 4 aliphatic rings. The Kier molecular flexibility index (Phi) is 5.52. The Morgan fingerprint density at radius 2 is 2.12 bits per heavy atom. The summed E-state index contributed by atoms with van der Waals surface area (Å²) in [6.07, 6.45) is 4.50. The molecule has 25 heavy (non-hydrogen) atoms. The van der Waals surface area contributed by atoms with Crippen LogP contribution < -0.4 is 5.32 Å². The van der Waals surface area contributed by atoms with E-state index in [4.69, 9.17) is 23.2 Å². The van der Waals surface area contributed by atoms with Gasteiger partial charge in [-0.3, -0.25) is 4.79 Å². The highest BCUT2D eigenvalue weighted by Crippen LogP contribution is 2.52. The van der Waals surface area contributed by atoms with E-state index in [9.17, 15) is 9.90 Å². The largest absolute Gasteiger partial charge is 0.387 e. The van der Waals surface area contributed by atoms with Gasteiger partial charge in [0.25, 0.3) is 0 Å². The third-order valence-electron chi connectivity index (χ3n) is 6.95. The van der Waals surface area contributed by atoms with Gasteiger partial charge in [-0.05, 0) is 56.1 Å². The van der Waals surface area contributed by atoms with Crippen LogP contribution in [0, 0.1) is 17.8 Å². The first-order valence-electron chi connectivity index (χ1n) is 9.57. The first-order valence-corrected chi connectivity index (χ1v) is 11.5. The van der Waals surface area contributed by atoms with Gasteiger partial charge in [0.15, 0.2) is 0 Å². The minimum atomic E-state index is -0.396. The van der Waals surface area contributed by atoms with Crippen LogP contribution in [0.4, 0.5) is 0 Å². The predicted octanol–water partition coefficient (Wildman–Crippen LogP) is 2.30. The number of thioether (sulfide) groups is 1. The van der Waals surface area contributed by atoms with Crippen LogP contribution in [0.3, 0.4) is 0 Å². The lowest BCUT2D eigenvalue weighted by molar-refractivity contribution is -0.139. The molecule has 1 saturated carbocycles. The summed E-state index contributed by atoms with van der Waals surface area (Å²) in [7, 11) is 0. The van der Waals surface area contributed by atoms with Gasteiger partial charge in [-0.25, -0.2) is 0 Å². The molecule has 2 N–H and O–H groups in total. The maximum absolute atomic E-state index is 12.2. The molecule has 4 fully saturated rings. The molecule has 4 nitrogen and oxygen atoms in total. The zero-order chi connectivity index (χ0) is 17.7. The van der Waals surface area contributed by atoms with Crippen LogP contribution in [-0.2, 0) is 4.79 Å². The van der Waals surface area contributed by atoms with Crippen molar-refractivity contribution in [2.45, 2.75) is 66.7 Å². The number of carbonyl (C=O) groups excluding carboxylic acids is 1. The molecule has 1 amide bonds. The average molecular weight is 407 g/mol. The molecular weight excluding hydrogens is 379 g/mol. The molecule has 0 radical (unpaired) electrons. The van der Waals surface area contributed by atoms with Crippen molar-refractivity contribution in [2.75, 3.05) is 18.9 Å². The van der Waals surface area contributed by atoms with Crippen LogP contribution in [0.25, 0.3) is 0 Å². The molecule has 9 atom stereocenters. The fourth-order valence-electron chi connectivity index (χ4n) is 5.85. The number of rotatable bonds is 2. The van der Waals surface area contributed by atoms with Crippen LogP contribution in [0.2, 0.25) is 0 Å². The van der Waals surface area contributed by atoms with E-state index in [0.717, 1.165) is 19.4 Å². The van der Waals surface area contributed by atoms with Gasteiger partial charge < -0.3 is 15.3 Å². The number of nitrogens with one attached hydrogen (secondary N) is 1. The number of piperidine rings is 1. The number of aliphatic hydroxyl groups is 1. The number of halogens is 2. The zero-order valence-corrected chi connectivity index (χ0v) is 16.9. The number of hydrogen-bond acceptors (Lipinski definition) is 4. The molecule has 1 aliphatic carbocycles. The maximum Gasteiger partial charge on any atom is 0.248 e. The van der Waals surface area contributed by atoms with Gasteiger partial charge in [0.1, 0.15) is 6.61 Å². The number of likely N-dealkylation sites (tertiary alicyclic amines) is 1. The second-order valence-corrected chi connectivity index (χ2v) is 10.7. The van der Waals surface area contributed by atoms with Crippen molar-refractivity contribution in [3.05, 3.63) is 0 Å². The normalized spacial score (nSPS) is 49.8. The number of aliphatic hydroxyl groups excluding tert-OH is 1. The van der Waals surface area contributed by atoms with Crippen LogP contribution >= 0.6 is 35.0 Å². The van der Waals surface area contributed by atoms with Crippen molar-refractivity contribution < 1.29 is 9.90 Å². The van der Waals surface area contributed by atoms with Gasteiger partial charge in [0, 0.05) is 29.9 Å². The second-order valence-electron chi connectivity index (χ2n) is 8.24. The molecule has 4 rings (SSSR count). The lowest BCUT2D eigenvalue weighted by Crippen LogP contribution is -2.54. The first-order chi connectivity index (χ1) is 12.0. The summed E-state index contributed by atoms with van der Waals surface area (Å²) in [6.45, 7) is 2.43. The van der Waals surface area contributed by atoms with E-state index < -0.39 is 6.61 Å². The van der Waals surface area contributed by atoms with Crippen molar-refractivity contribution in [1.29, 1.82) is 0 Å². The highest BCUT2D eigenvalue weighted by molar-refractivity contribution is 8.00. The Labute approximate surface area is 164 Å². The molecule has 0 aromatic rings. The van der Waals surface area contributed by atoms with Crippen molar-refractivity contribution in [3.63, 3.8) is 0 Å².